The summed E-state index contributed by atoms with van der Waals surface area (Å²) in [6.45, 7) is 1.74. The Bertz CT molecular complexity index is 870. The topological polar surface area (TPSA) is 101 Å². The number of nitrogens with one attached hydrogen (secondary N) is 1. The van der Waals surface area contributed by atoms with E-state index >= 15 is 0 Å². The van der Waals surface area contributed by atoms with Crippen molar-refractivity contribution >= 4 is 27.4 Å². The second-order valence-electron chi connectivity index (χ2n) is 5.09. The molecule has 23 heavy (non-hydrogen) atoms. The number of sulfone groups is 1. The summed E-state index contributed by atoms with van der Waals surface area (Å²) in [4.78, 5) is 23.3. The highest BCUT2D eigenvalue weighted by atomic mass is 32.2. The molecule has 0 bridgehead atoms. The van der Waals surface area contributed by atoms with Gasteiger partial charge < -0.3 is 10.4 Å². The molecule has 0 atom stereocenters. The summed E-state index contributed by atoms with van der Waals surface area (Å²) >= 11 is 0. The summed E-state index contributed by atoms with van der Waals surface area (Å²) in [5.41, 5.74) is 1.45. The standard InChI is InChI=1S/C16H15NO5S/c1-10-3-4-12(16(19)20)9-14(10)17-15(18)11-5-7-13(8-6-11)23(2,21)22/h3-9H,1-2H3,(H,17,18)(H,19,20). The zero-order chi connectivity index (χ0) is 17.2. The number of carboxylic acids is 1. The second kappa shape index (κ2) is 6.21. The Morgan fingerprint density at radius 2 is 1.57 bits per heavy atom. The molecule has 2 rings (SSSR count). The molecule has 0 aliphatic heterocycles. The minimum atomic E-state index is -3.32. The van der Waals surface area contributed by atoms with Gasteiger partial charge in [0.05, 0.1) is 10.5 Å². The van der Waals surface area contributed by atoms with Gasteiger partial charge >= 0.3 is 5.97 Å². The molecule has 0 aliphatic rings. The molecular weight excluding hydrogens is 318 g/mol. The number of carbonyl (C=O) groups excluding carboxylic acids is 1. The Kier molecular flexibility index (Phi) is 4.51. The number of hydrogen-bond donors (Lipinski definition) is 2. The number of anilines is 1. The van der Waals surface area contributed by atoms with Crippen LogP contribution in [0.5, 0.6) is 0 Å². The lowest BCUT2D eigenvalue weighted by molar-refractivity contribution is 0.0696. The van der Waals surface area contributed by atoms with Crippen LogP contribution in [0.1, 0.15) is 26.3 Å². The molecule has 120 valence electrons. The lowest BCUT2D eigenvalue weighted by Gasteiger charge is -2.09. The van der Waals surface area contributed by atoms with E-state index < -0.39 is 21.7 Å². The predicted molar refractivity (Wildman–Crippen MR) is 85.6 cm³/mol. The molecule has 0 aromatic heterocycles. The molecule has 0 aliphatic carbocycles. The highest BCUT2D eigenvalue weighted by molar-refractivity contribution is 7.90. The minimum absolute atomic E-state index is 0.0679. The van der Waals surface area contributed by atoms with E-state index in [0.717, 1.165) is 11.8 Å². The molecule has 0 heterocycles. The number of carboxylic acid groups (broad SMARTS) is 1. The van der Waals surface area contributed by atoms with E-state index in [0.29, 0.717) is 5.69 Å². The predicted octanol–water partition coefficient (Wildman–Crippen LogP) is 2.35. The molecule has 2 aromatic carbocycles. The Morgan fingerprint density at radius 3 is 2.09 bits per heavy atom. The van der Waals surface area contributed by atoms with Gasteiger partial charge in [0, 0.05) is 17.5 Å². The fourth-order valence-electron chi connectivity index (χ4n) is 1.94. The van der Waals surface area contributed by atoms with Crippen LogP contribution in [-0.4, -0.2) is 31.7 Å². The number of aryl methyl sites for hydroxylation is 1. The molecular formula is C16H15NO5S. The van der Waals surface area contributed by atoms with Gasteiger partial charge in [0.25, 0.3) is 5.91 Å². The fourth-order valence-corrected chi connectivity index (χ4v) is 2.57. The third-order valence-electron chi connectivity index (χ3n) is 3.28. The van der Waals surface area contributed by atoms with Crippen LogP contribution in [0.15, 0.2) is 47.4 Å². The summed E-state index contributed by atoms with van der Waals surface area (Å²) in [7, 11) is -3.32. The number of rotatable bonds is 4. The van der Waals surface area contributed by atoms with Crippen LogP contribution in [0.4, 0.5) is 5.69 Å². The van der Waals surface area contributed by atoms with Gasteiger partial charge in [-0.15, -0.1) is 0 Å². The molecule has 0 radical (unpaired) electrons. The van der Waals surface area contributed by atoms with Crippen LogP contribution >= 0.6 is 0 Å². The summed E-state index contributed by atoms with van der Waals surface area (Å²) < 4.78 is 22.8. The van der Waals surface area contributed by atoms with Gasteiger partial charge in [-0.3, -0.25) is 4.79 Å². The minimum Gasteiger partial charge on any atom is -0.478 e. The SMILES string of the molecule is Cc1ccc(C(=O)O)cc1NC(=O)c1ccc(S(C)(=O)=O)cc1. The van der Waals surface area contributed by atoms with E-state index in [4.69, 9.17) is 5.11 Å². The van der Waals surface area contributed by atoms with Crippen molar-refractivity contribution in [1.29, 1.82) is 0 Å². The zero-order valence-corrected chi connectivity index (χ0v) is 13.3. The molecule has 6 nitrogen and oxygen atoms in total. The maximum atomic E-state index is 12.2. The number of benzene rings is 2. The van der Waals surface area contributed by atoms with E-state index in [9.17, 15) is 18.0 Å². The normalized spacial score (nSPS) is 11.0. The van der Waals surface area contributed by atoms with E-state index in [1.807, 2.05) is 0 Å². The molecule has 0 saturated heterocycles. The van der Waals surface area contributed by atoms with Crippen molar-refractivity contribution in [2.24, 2.45) is 0 Å². The first kappa shape index (κ1) is 16.7. The highest BCUT2D eigenvalue weighted by Gasteiger charge is 2.12. The van der Waals surface area contributed by atoms with Crippen LogP contribution in [0.25, 0.3) is 0 Å². The van der Waals surface area contributed by atoms with Crippen molar-refractivity contribution in [3.8, 4) is 0 Å². The second-order valence-corrected chi connectivity index (χ2v) is 7.10. The van der Waals surface area contributed by atoms with Gasteiger partial charge in [-0.25, -0.2) is 13.2 Å². The molecule has 1 amide bonds. The maximum absolute atomic E-state index is 12.2. The zero-order valence-electron chi connectivity index (χ0n) is 12.5. The van der Waals surface area contributed by atoms with Crippen molar-refractivity contribution in [2.45, 2.75) is 11.8 Å². The van der Waals surface area contributed by atoms with Gasteiger partial charge in [-0.2, -0.15) is 0 Å². The molecule has 7 heteroatoms. The summed E-state index contributed by atoms with van der Waals surface area (Å²) in [6.07, 6.45) is 1.09. The Morgan fingerprint density at radius 1 is 1.00 bits per heavy atom. The smallest absolute Gasteiger partial charge is 0.335 e. The summed E-state index contributed by atoms with van der Waals surface area (Å²) in [5.74, 6) is -1.53. The molecule has 2 aromatic rings. The first-order chi connectivity index (χ1) is 10.7. The lowest BCUT2D eigenvalue weighted by atomic mass is 10.1. The van der Waals surface area contributed by atoms with Gasteiger partial charge in [-0.1, -0.05) is 6.07 Å². The van der Waals surface area contributed by atoms with Gasteiger partial charge in [0.15, 0.2) is 9.84 Å². The van der Waals surface area contributed by atoms with Gasteiger partial charge in [0.2, 0.25) is 0 Å². The fraction of sp³-hybridized carbons (Fsp3) is 0.125. The monoisotopic (exact) mass is 333 g/mol. The number of carbonyl (C=O) groups is 2. The average Bonchev–Trinajstić information content (AvgIpc) is 2.48. The number of hydrogen-bond acceptors (Lipinski definition) is 4. The van der Waals surface area contributed by atoms with Gasteiger partial charge in [0.1, 0.15) is 0 Å². The van der Waals surface area contributed by atoms with Crippen LogP contribution in [-0.2, 0) is 9.84 Å². The molecule has 0 unspecified atom stereocenters. The third kappa shape index (κ3) is 3.95. The third-order valence-corrected chi connectivity index (χ3v) is 4.41. The molecule has 2 N–H and O–H groups in total. The Balaban J connectivity index is 2.26. The van der Waals surface area contributed by atoms with Crippen molar-refractivity contribution in [3.05, 3.63) is 59.2 Å². The first-order valence-electron chi connectivity index (χ1n) is 6.64. The molecule has 0 saturated carbocycles. The van der Waals surface area contributed by atoms with E-state index in [1.165, 1.54) is 36.4 Å². The van der Waals surface area contributed by atoms with E-state index in [-0.39, 0.29) is 16.0 Å². The van der Waals surface area contributed by atoms with E-state index in [2.05, 4.69) is 5.32 Å². The number of aromatic carboxylic acids is 1. The quantitative estimate of drug-likeness (QED) is 0.894. The van der Waals surface area contributed by atoms with Crippen LogP contribution in [0.2, 0.25) is 0 Å². The average molecular weight is 333 g/mol. The van der Waals surface area contributed by atoms with Crippen molar-refractivity contribution in [3.63, 3.8) is 0 Å². The maximum Gasteiger partial charge on any atom is 0.335 e. The number of amides is 1. The van der Waals surface area contributed by atoms with Crippen molar-refractivity contribution < 1.29 is 23.1 Å². The Labute approximate surface area is 133 Å². The van der Waals surface area contributed by atoms with Crippen molar-refractivity contribution in [1.82, 2.24) is 0 Å². The summed E-state index contributed by atoms with van der Waals surface area (Å²) in [5, 5.41) is 11.6. The highest BCUT2D eigenvalue weighted by Crippen LogP contribution is 2.18. The van der Waals surface area contributed by atoms with Crippen molar-refractivity contribution in [2.75, 3.05) is 11.6 Å². The van der Waals surface area contributed by atoms with Crippen LogP contribution in [0.3, 0.4) is 0 Å². The molecule has 0 fully saturated rings. The van der Waals surface area contributed by atoms with E-state index in [1.54, 1.807) is 13.0 Å². The van der Waals surface area contributed by atoms with Crippen LogP contribution < -0.4 is 5.32 Å². The first-order valence-corrected chi connectivity index (χ1v) is 8.53. The van der Waals surface area contributed by atoms with Gasteiger partial charge in [-0.05, 0) is 48.9 Å². The van der Waals surface area contributed by atoms with Crippen LogP contribution in [0, 0.1) is 6.92 Å². The largest absolute Gasteiger partial charge is 0.478 e. The Hall–Kier alpha value is -2.67. The lowest BCUT2D eigenvalue weighted by Crippen LogP contribution is -2.13. The summed E-state index contributed by atoms with van der Waals surface area (Å²) in [6, 6.07) is 9.94. The molecule has 0 spiro atoms.